The van der Waals surface area contributed by atoms with Gasteiger partial charge in [-0.25, -0.2) is 9.79 Å². The summed E-state index contributed by atoms with van der Waals surface area (Å²) in [6.45, 7) is 4.91. The van der Waals surface area contributed by atoms with Gasteiger partial charge in [0.25, 0.3) is 5.56 Å². The largest absolute Gasteiger partial charge is 0.463 e. The normalized spacial score (nSPS) is 15.5. The van der Waals surface area contributed by atoms with Crippen LogP contribution in [0.5, 0.6) is 5.75 Å². The van der Waals surface area contributed by atoms with E-state index in [1.807, 2.05) is 0 Å². The van der Waals surface area contributed by atoms with Crippen LogP contribution in [0.25, 0.3) is 6.08 Å². The summed E-state index contributed by atoms with van der Waals surface area (Å²) in [5.74, 6) is -0.649. The van der Waals surface area contributed by atoms with Gasteiger partial charge >= 0.3 is 11.9 Å². The van der Waals surface area contributed by atoms with E-state index in [1.165, 1.54) is 22.8 Å². The summed E-state index contributed by atoms with van der Waals surface area (Å²) in [4.78, 5) is 42.8. The molecule has 1 aliphatic heterocycles. The highest BCUT2D eigenvalue weighted by molar-refractivity contribution is 7.07. The maximum Gasteiger partial charge on any atom is 0.338 e. The quantitative estimate of drug-likeness (QED) is 0.367. The van der Waals surface area contributed by atoms with E-state index < -0.39 is 18.0 Å². The van der Waals surface area contributed by atoms with Crippen LogP contribution in [-0.2, 0) is 14.3 Å². The predicted molar refractivity (Wildman–Crippen MR) is 135 cm³/mol. The van der Waals surface area contributed by atoms with Crippen molar-refractivity contribution in [3.05, 3.63) is 94.6 Å². The number of fused-ring (bicyclic) bond motifs is 1. The fourth-order valence-electron chi connectivity index (χ4n) is 3.74. The second kappa shape index (κ2) is 10.2. The van der Waals surface area contributed by atoms with Crippen LogP contribution < -0.4 is 19.6 Å². The zero-order valence-electron chi connectivity index (χ0n) is 19.0. The molecule has 0 aliphatic carbocycles. The number of benzene rings is 2. The SMILES string of the molecule is CCOC(=O)C1=C(C)N=c2s/c(=C\c3ccc(Cl)c(Cl)c3)c(=O)n2[C@@H]1c1ccc(OC(C)=O)cc1. The van der Waals surface area contributed by atoms with Crippen LogP contribution in [0.4, 0.5) is 0 Å². The third kappa shape index (κ3) is 5.10. The Labute approximate surface area is 214 Å². The lowest BCUT2D eigenvalue weighted by Gasteiger charge is -2.24. The first kappa shape index (κ1) is 24.9. The standard InChI is InChI=1S/C25H20Cl2N2O5S/c1-4-33-24(32)21-13(2)28-25-29(22(21)16-6-8-17(9-7-16)34-14(3)30)23(31)20(35-25)12-15-5-10-18(26)19(27)11-15/h5-12,22H,4H2,1-3H3/b20-12-/t22-/m1/s1. The first-order valence-electron chi connectivity index (χ1n) is 10.6. The molecule has 0 saturated heterocycles. The molecule has 0 unspecified atom stereocenters. The Morgan fingerprint density at radius 1 is 1.14 bits per heavy atom. The number of allylic oxidation sites excluding steroid dienone is 1. The Kier molecular flexibility index (Phi) is 7.25. The van der Waals surface area contributed by atoms with E-state index >= 15 is 0 Å². The number of aromatic nitrogens is 1. The topological polar surface area (TPSA) is 87.0 Å². The van der Waals surface area contributed by atoms with Crippen molar-refractivity contribution in [2.75, 3.05) is 6.61 Å². The van der Waals surface area contributed by atoms with Crippen molar-refractivity contribution in [1.82, 2.24) is 4.57 Å². The highest BCUT2D eigenvalue weighted by Gasteiger charge is 2.33. The summed E-state index contributed by atoms with van der Waals surface area (Å²) in [7, 11) is 0. The van der Waals surface area contributed by atoms with Gasteiger partial charge in [-0.2, -0.15) is 0 Å². The zero-order valence-corrected chi connectivity index (χ0v) is 21.3. The van der Waals surface area contributed by atoms with Gasteiger partial charge in [0, 0.05) is 6.92 Å². The smallest absolute Gasteiger partial charge is 0.338 e. The van der Waals surface area contributed by atoms with Gasteiger partial charge < -0.3 is 9.47 Å². The van der Waals surface area contributed by atoms with Crippen molar-refractivity contribution in [3.63, 3.8) is 0 Å². The van der Waals surface area contributed by atoms with Crippen molar-refractivity contribution in [1.29, 1.82) is 0 Å². The monoisotopic (exact) mass is 530 g/mol. The molecule has 0 fully saturated rings. The molecule has 4 rings (SSSR count). The third-order valence-electron chi connectivity index (χ3n) is 5.22. The second-order valence-corrected chi connectivity index (χ2v) is 9.46. The Hall–Kier alpha value is -3.20. The van der Waals surface area contributed by atoms with E-state index in [2.05, 4.69) is 4.99 Å². The molecule has 0 bridgehead atoms. The van der Waals surface area contributed by atoms with Crippen LogP contribution in [0.1, 0.15) is 37.9 Å². The molecule has 180 valence electrons. The summed E-state index contributed by atoms with van der Waals surface area (Å²) in [6, 6.07) is 10.9. The lowest BCUT2D eigenvalue weighted by atomic mass is 9.96. The fourth-order valence-corrected chi connectivity index (χ4v) is 5.10. The maximum absolute atomic E-state index is 13.6. The number of hydrogen-bond donors (Lipinski definition) is 0. The molecule has 3 aromatic rings. The van der Waals surface area contributed by atoms with Crippen molar-refractivity contribution in [2.45, 2.75) is 26.8 Å². The van der Waals surface area contributed by atoms with Gasteiger partial charge in [0.15, 0.2) is 4.80 Å². The van der Waals surface area contributed by atoms with Gasteiger partial charge in [-0.1, -0.05) is 52.7 Å². The number of carbonyl (C=O) groups is 2. The molecule has 2 heterocycles. The van der Waals surface area contributed by atoms with Gasteiger partial charge in [-0.15, -0.1) is 0 Å². The first-order chi connectivity index (χ1) is 16.7. The third-order valence-corrected chi connectivity index (χ3v) is 6.94. The van der Waals surface area contributed by atoms with E-state index in [4.69, 9.17) is 32.7 Å². The molecule has 0 saturated carbocycles. The molecule has 7 nitrogen and oxygen atoms in total. The molecule has 10 heteroatoms. The van der Waals surface area contributed by atoms with Gasteiger partial charge in [0.1, 0.15) is 5.75 Å². The Morgan fingerprint density at radius 2 is 1.86 bits per heavy atom. The maximum atomic E-state index is 13.6. The molecule has 1 aliphatic rings. The molecule has 1 aromatic heterocycles. The van der Waals surface area contributed by atoms with Crippen LogP contribution in [0.3, 0.4) is 0 Å². The van der Waals surface area contributed by atoms with E-state index in [0.29, 0.717) is 42.0 Å². The van der Waals surface area contributed by atoms with Crippen molar-refractivity contribution in [3.8, 4) is 5.75 Å². The molecule has 35 heavy (non-hydrogen) atoms. The summed E-state index contributed by atoms with van der Waals surface area (Å²) in [5, 5.41) is 0.788. The number of esters is 2. The minimum Gasteiger partial charge on any atom is -0.463 e. The van der Waals surface area contributed by atoms with Crippen LogP contribution >= 0.6 is 34.5 Å². The Balaban J connectivity index is 1.90. The van der Waals surface area contributed by atoms with E-state index in [1.54, 1.807) is 62.4 Å². The average molecular weight is 531 g/mol. The minimum atomic E-state index is -0.771. The van der Waals surface area contributed by atoms with E-state index in [0.717, 1.165) is 0 Å². The summed E-state index contributed by atoms with van der Waals surface area (Å²) in [5.41, 5.74) is 1.75. The molecule has 0 spiro atoms. The molecule has 2 aromatic carbocycles. The molecule has 0 N–H and O–H groups in total. The number of nitrogens with zero attached hydrogens (tertiary/aromatic N) is 2. The lowest BCUT2D eigenvalue weighted by molar-refractivity contribution is -0.139. The summed E-state index contributed by atoms with van der Waals surface area (Å²) in [6.07, 6.45) is 1.70. The van der Waals surface area contributed by atoms with Gasteiger partial charge in [0.05, 0.1) is 38.5 Å². The zero-order chi connectivity index (χ0) is 25.3. The Morgan fingerprint density at radius 3 is 2.49 bits per heavy atom. The lowest BCUT2D eigenvalue weighted by Crippen LogP contribution is -2.39. The number of halogens is 2. The highest BCUT2D eigenvalue weighted by atomic mass is 35.5. The summed E-state index contributed by atoms with van der Waals surface area (Å²) >= 11 is 13.3. The summed E-state index contributed by atoms with van der Waals surface area (Å²) < 4.78 is 12.3. The molecule has 1 atom stereocenters. The molecule has 0 amide bonds. The number of ether oxygens (including phenoxy) is 2. The van der Waals surface area contributed by atoms with Crippen LogP contribution in [0.15, 0.2) is 63.5 Å². The first-order valence-corrected chi connectivity index (χ1v) is 12.2. The number of rotatable bonds is 5. The average Bonchev–Trinajstić information content (AvgIpc) is 3.10. The number of carbonyl (C=O) groups excluding carboxylic acids is 2. The highest BCUT2D eigenvalue weighted by Crippen LogP contribution is 2.31. The van der Waals surface area contributed by atoms with Crippen molar-refractivity contribution < 1.29 is 19.1 Å². The van der Waals surface area contributed by atoms with Gasteiger partial charge in [0.2, 0.25) is 0 Å². The number of hydrogen-bond acceptors (Lipinski definition) is 7. The van der Waals surface area contributed by atoms with Crippen molar-refractivity contribution >= 4 is 52.6 Å². The van der Waals surface area contributed by atoms with Gasteiger partial charge in [-0.3, -0.25) is 14.2 Å². The van der Waals surface area contributed by atoms with Crippen LogP contribution in [0, 0.1) is 0 Å². The van der Waals surface area contributed by atoms with E-state index in [9.17, 15) is 14.4 Å². The van der Waals surface area contributed by atoms with Gasteiger partial charge in [-0.05, 0) is 55.3 Å². The second-order valence-electron chi connectivity index (χ2n) is 7.64. The fraction of sp³-hybridized carbons (Fsp3) is 0.200. The van der Waals surface area contributed by atoms with Crippen LogP contribution in [0.2, 0.25) is 10.0 Å². The van der Waals surface area contributed by atoms with E-state index in [-0.39, 0.29) is 17.7 Å². The predicted octanol–water partition coefficient (Wildman–Crippen LogP) is 4.03. The van der Waals surface area contributed by atoms with Crippen molar-refractivity contribution in [2.24, 2.45) is 4.99 Å². The molecular weight excluding hydrogens is 511 g/mol. The Bertz CT molecular complexity index is 1540. The molecular formula is C25H20Cl2N2O5S. The molecule has 0 radical (unpaired) electrons. The number of thiazole rings is 1. The minimum absolute atomic E-state index is 0.176. The van der Waals surface area contributed by atoms with Crippen LogP contribution in [-0.4, -0.2) is 23.1 Å².